The second kappa shape index (κ2) is 8.61. The van der Waals surface area contributed by atoms with Gasteiger partial charge < -0.3 is 20.1 Å². The van der Waals surface area contributed by atoms with Crippen molar-refractivity contribution in [1.82, 2.24) is 9.97 Å². The number of ether oxygens (including phenoxy) is 2. The molecule has 2 aromatic carbocycles. The fourth-order valence-corrected chi connectivity index (χ4v) is 2.79. The van der Waals surface area contributed by atoms with E-state index in [1.54, 1.807) is 7.11 Å². The maximum atomic E-state index is 5.88. The lowest BCUT2D eigenvalue weighted by Gasteiger charge is -2.16. The molecule has 6 heteroatoms. The molecule has 0 saturated heterocycles. The van der Waals surface area contributed by atoms with Crippen molar-refractivity contribution in [2.24, 2.45) is 0 Å². The first kappa shape index (κ1) is 19.5. The van der Waals surface area contributed by atoms with E-state index in [0.29, 0.717) is 11.8 Å². The molecule has 6 nitrogen and oxygen atoms in total. The summed E-state index contributed by atoms with van der Waals surface area (Å²) >= 11 is 0. The average Bonchev–Trinajstić information content (AvgIpc) is 2.63. The highest BCUT2D eigenvalue weighted by molar-refractivity contribution is 5.67. The van der Waals surface area contributed by atoms with Crippen LogP contribution in [-0.4, -0.2) is 23.2 Å². The van der Waals surface area contributed by atoms with Gasteiger partial charge in [-0.05, 0) is 57.5 Å². The standard InChI is InChI=1S/C22H26N4O2/c1-14(2)28-20-9-7-6-8-17(20)24-21-13-16(4)23-22(26-21)25-18-12-15(3)10-11-19(18)27-5/h6-14H,1-5H3,(H2,23,24,25,26). The second-order valence-corrected chi connectivity index (χ2v) is 6.83. The molecule has 3 rings (SSSR count). The molecule has 0 aliphatic rings. The lowest BCUT2D eigenvalue weighted by Crippen LogP contribution is -2.08. The number of nitrogens with zero attached hydrogens (tertiary/aromatic N) is 2. The van der Waals surface area contributed by atoms with Crippen molar-refractivity contribution in [3.63, 3.8) is 0 Å². The van der Waals surface area contributed by atoms with E-state index < -0.39 is 0 Å². The lowest BCUT2D eigenvalue weighted by atomic mass is 10.2. The van der Waals surface area contributed by atoms with Crippen molar-refractivity contribution in [3.05, 3.63) is 59.8 Å². The maximum Gasteiger partial charge on any atom is 0.229 e. The summed E-state index contributed by atoms with van der Waals surface area (Å²) in [6.45, 7) is 7.97. The molecule has 28 heavy (non-hydrogen) atoms. The molecule has 0 atom stereocenters. The predicted molar refractivity (Wildman–Crippen MR) is 113 cm³/mol. The smallest absolute Gasteiger partial charge is 0.229 e. The minimum atomic E-state index is 0.0844. The number of benzene rings is 2. The molecule has 0 radical (unpaired) electrons. The minimum Gasteiger partial charge on any atom is -0.495 e. The minimum absolute atomic E-state index is 0.0844. The third-order valence-corrected chi connectivity index (χ3v) is 3.97. The van der Waals surface area contributed by atoms with Crippen LogP contribution in [-0.2, 0) is 0 Å². The van der Waals surface area contributed by atoms with Crippen LogP contribution in [0.3, 0.4) is 0 Å². The predicted octanol–water partition coefficient (Wildman–Crippen LogP) is 5.38. The molecule has 0 bridgehead atoms. The zero-order valence-electron chi connectivity index (χ0n) is 16.9. The molecule has 0 fully saturated rings. The van der Waals surface area contributed by atoms with Crippen molar-refractivity contribution < 1.29 is 9.47 Å². The van der Waals surface area contributed by atoms with Gasteiger partial charge in [-0.1, -0.05) is 18.2 Å². The van der Waals surface area contributed by atoms with Crippen LogP contribution < -0.4 is 20.1 Å². The highest BCUT2D eigenvalue weighted by Gasteiger charge is 2.10. The van der Waals surface area contributed by atoms with E-state index in [-0.39, 0.29) is 6.10 Å². The van der Waals surface area contributed by atoms with Gasteiger partial charge in [-0.25, -0.2) is 4.98 Å². The largest absolute Gasteiger partial charge is 0.495 e. The number of para-hydroxylation sites is 2. The van der Waals surface area contributed by atoms with Gasteiger partial charge in [0.05, 0.1) is 24.6 Å². The Balaban J connectivity index is 1.88. The van der Waals surface area contributed by atoms with E-state index in [4.69, 9.17) is 9.47 Å². The van der Waals surface area contributed by atoms with Gasteiger partial charge in [0.2, 0.25) is 5.95 Å². The number of hydrogen-bond acceptors (Lipinski definition) is 6. The molecule has 0 amide bonds. The van der Waals surface area contributed by atoms with Crippen LogP contribution >= 0.6 is 0 Å². The number of methoxy groups -OCH3 is 1. The summed E-state index contributed by atoms with van der Waals surface area (Å²) in [5, 5.41) is 6.60. The van der Waals surface area contributed by atoms with Crippen LogP contribution in [0.2, 0.25) is 0 Å². The summed E-state index contributed by atoms with van der Waals surface area (Å²) in [5.74, 6) is 2.69. The van der Waals surface area contributed by atoms with E-state index >= 15 is 0 Å². The maximum absolute atomic E-state index is 5.88. The Morgan fingerprint density at radius 3 is 2.39 bits per heavy atom. The highest BCUT2D eigenvalue weighted by Crippen LogP contribution is 2.30. The van der Waals surface area contributed by atoms with Crippen molar-refractivity contribution in [3.8, 4) is 11.5 Å². The van der Waals surface area contributed by atoms with E-state index in [9.17, 15) is 0 Å². The Bertz CT molecular complexity index is 957. The first-order chi connectivity index (χ1) is 13.4. The summed E-state index contributed by atoms with van der Waals surface area (Å²) in [5.41, 5.74) is 3.64. The number of aromatic nitrogens is 2. The summed E-state index contributed by atoms with van der Waals surface area (Å²) in [6, 6.07) is 15.6. The number of anilines is 4. The molecule has 0 saturated carbocycles. The molecule has 0 unspecified atom stereocenters. The first-order valence-electron chi connectivity index (χ1n) is 9.24. The molecule has 1 heterocycles. The Labute approximate surface area is 166 Å². The molecule has 0 aliphatic heterocycles. The molecule has 146 valence electrons. The van der Waals surface area contributed by atoms with E-state index in [1.807, 2.05) is 76.2 Å². The van der Waals surface area contributed by atoms with Crippen LogP contribution in [0.25, 0.3) is 0 Å². The Morgan fingerprint density at radius 1 is 0.857 bits per heavy atom. The zero-order chi connectivity index (χ0) is 20.1. The van der Waals surface area contributed by atoms with E-state index in [1.165, 1.54) is 0 Å². The van der Waals surface area contributed by atoms with Crippen molar-refractivity contribution >= 4 is 23.1 Å². The van der Waals surface area contributed by atoms with Gasteiger partial charge in [-0.2, -0.15) is 4.98 Å². The number of hydrogen-bond donors (Lipinski definition) is 2. The van der Waals surface area contributed by atoms with Crippen LogP contribution in [0.5, 0.6) is 11.5 Å². The molecule has 0 spiro atoms. The van der Waals surface area contributed by atoms with Crippen molar-refractivity contribution in [2.45, 2.75) is 33.8 Å². The summed E-state index contributed by atoms with van der Waals surface area (Å²) in [6.07, 6.45) is 0.0844. The van der Waals surface area contributed by atoms with Crippen LogP contribution in [0.1, 0.15) is 25.1 Å². The monoisotopic (exact) mass is 378 g/mol. The third-order valence-electron chi connectivity index (χ3n) is 3.97. The molecule has 0 aliphatic carbocycles. The second-order valence-electron chi connectivity index (χ2n) is 6.83. The molecule has 3 aromatic rings. The SMILES string of the molecule is COc1ccc(C)cc1Nc1nc(C)cc(Nc2ccccc2OC(C)C)n1. The Hall–Kier alpha value is -3.28. The molecule has 1 aromatic heterocycles. The van der Waals surface area contributed by atoms with Gasteiger partial charge in [-0.3, -0.25) is 0 Å². The average molecular weight is 378 g/mol. The number of nitrogens with one attached hydrogen (secondary N) is 2. The van der Waals surface area contributed by atoms with E-state index in [2.05, 4.69) is 20.6 Å². The lowest BCUT2D eigenvalue weighted by molar-refractivity contribution is 0.244. The Morgan fingerprint density at radius 2 is 1.64 bits per heavy atom. The molecular formula is C22H26N4O2. The summed E-state index contributed by atoms with van der Waals surface area (Å²) in [7, 11) is 1.64. The van der Waals surface area contributed by atoms with Gasteiger partial charge in [0.25, 0.3) is 0 Å². The molecular weight excluding hydrogens is 352 g/mol. The zero-order valence-corrected chi connectivity index (χ0v) is 16.9. The van der Waals surface area contributed by atoms with Crippen LogP contribution in [0, 0.1) is 13.8 Å². The topological polar surface area (TPSA) is 68.3 Å². The third kappa shape index (κ3) is 4.91. The fourth-order valence-electron chi connectivity index (χ4n) is 2.79. The number of aryl methyl sites for hydroxylation is 2. The van der Waals surface area contributed by atoms with Gasteiger partial charge in [0.15, 0.2) is 0 Å². The Kier molecular flexibility index (Phi) is 5.99. The van der Waals surface area contributed by atoms with Gasteiger partial charge in [0.1, 0.15) is 17.3 Å². The van der Waals surface area contributed by atoms with Gasteiger partial charge in [0, 0.05) is 11.8 Å². The van der Waals surface area contributed by atoms with Crippen LogP contribution in [0.4, 0.5) is 23.1 Å². The van der Waals surface area contributed by atoms with E-state index in [0.717, 1.165) is 34.1 Å². The highest BCUT2D eigenvalue weighted by atomic mass is 16.5. The normalized spacial score (nSPS) is 10.6. The van der Waals surface area contributed by atoms with Gasteiger partial charge >= 0.3 is 0 Å². The summed E-state index contributed by atoms with van der Waals surface area (Å²) in [4.78, 5) is 9.10. The number of rotatable bonds is 7. The quantitative estimate of drug-likeness (QED) is 0.575. The van der Waals surface area contributed by atoms with Crippen molar-refractivity contribution in [1.29, 1.82) is 0 Å². The van der Waals surface area contributed by atoms with Gasteiger partial charge in [-0.15, -0.1) is 0 Å². The first-order valence-corrected chi connectivity index (χ1v) is 9.24. The fraction of sp³-hybridized carbons (Fsp3) is 0.273. The van der Waals surface area contributed by atoms with Crippen molar-refractivity contribution in [2.75, 3.05) is 17.7 Å². The van der Waals surface area contributed by atoms with Crippen LogP contribution in [0.15, 0.2) is 48.5 Å². The summed E-state index contributed by atoms with van der Waals surface area (Å²) < 4.78 is 11.3. The molecule has 2 N–H and O–H groups in total.